The van der Waals surface area contributed by atoms with Crippen molar-refractivity contribution in [2.24, 2.45) is 18.9 Å². The number of carbonyl (C=O) groups is 1. The van der Waals surface area contributed by atoms with Gasteiger partial charge in [0.1, 0.15) is 17.2 Å². The molecule has 0 spiro atoms. The number of nitrogens with zero attached hydrogens (tertiary/aromatic N) is 1. The molecule has 0 aliphatic heterocycles. The first-order chi connectivity index (χ1) is 12.3. The molecule has 0 atom stereocenters. The second-order valence-electron chi connectivity index (χ2n) is 5.82. The zero-order valence-electron chi connectivity index (χ0n) is 14.0. The molecule has 1 aliphatic rings. The second kappa shape index (κ2) is 8.93. The first kappa shape index (κ1) is 20.1. The maximum absolute atomic E-state index is 13.8. The topological polar surface area (TPSA) is 107 Å². The quantitative estimate of drug-likeness (QED) is 0.633. The standard InChI is InChI=1S/C13H10BrFN2O3.C4H9NO/c1-17-11(18)5-3-8(13(19)20)12(17)16-10-4-2-7(14)6-9(10)15;5-6-3-4-1-2-4/h2-6,16H,1H3,(H,19,20);4H,1-3,5H2. The molecule has 1 fully saturated rings. The number of aromatic carboxylic acids is 1. The van der Waals surface area contributed by atoms with Crippen molar-refractivity contribution in [3.63, 3.8) is 0 Å². The number of carboxylic acids is 1. The van der Waals surface area contributed by atoms with Crippen LogP contribution in [0.1, 0.15) is 23.2 Å². The van der Waals surface area contributed by atoms with Gasteiger partial charge in [0.15, 0.2) is 0 Å². The van der Waals surface area contributed by atoms with E-state index in [2.05, 4.69) is 26.1 Å². The predicted molar refractivity (Wildman–Crippen MR) is 98.9 cm³/mol. The highest BCUT2D eigenvalue weighted by Gasteiger charge is 2.20. The van der Waals surface area contributed by atoms with E-state index in [0.29, 0.717) is 4.47 Å². The number of anilines is 2. The largest absolute Gasteiger partial charge is 0.478 e. The number of halogens is 2. The third-order valence-corrected chi connectivity index (χ3v) is 4.25. The number of pyridine rings is 1. The average Bonchev–Trinajstić information content (AvgIpc) is 3.39. The van der Waals surface area contributed by atoms with Crippen molar-refractivity contribution < 1.29 is 19.1 Å². The lowest BCUT2D eigenvalue weighted by Crippen LogP contribution is -2.21. The smallest absolute Gasteiger partial charge is 0.339 e. The second-order valence-corrected chi connectivity index (χ2v) is 6.74. The van der Waals surface area contributed by atoms with Crippen LogP contribution >= 0.6 is 15.9 Å². The van der Waals surface area contributed by atoms with Gasteiger partial charge in [-0.3, -0.25) is 9.36 Å². The molecule has 4 N–H and O–H groups in total. The van der Waals surface area contributed by atoms with Gasteiger partial charge in [-0.1, -0.05) is 15.9 Å². The van der Waals surface area contributed by atoms with Crippen molar-refractivity contribution in [3.05, 3.63) is 56.5 Å². The molecule has 2 aromatic rings. The summed E-state index contributed by atoms with van der Waals surface area (Å²) in [6, 6.07) is 6.62. The van der Waals surface area contributed by atoms with Crippen LogP contribution in [0.4, 0.5) is 15.9 Å². The van der Waals surface area contributed by atoms with Crippen LogP contribution in [0.2, 0.25) is 0 Å². The fraction of sp³-hybridized carbons (Fsp3) is 0.294. The van der Waals surface area contributed by atoms with Crippen LogP contribution in [0.15, 0.2) is 39.6 Å². The monoisotopic (exact) mass is 427 g/mol. The summed E-state index contributed by atoms with van der Waals surface area (Å²) < 4.78 is 15.4. The molecule has 0 bridgehead atoms. The first-order valence-electron chi connectivity index (χ1n) is 7.80. The van der Waals surface area contributed by atoms with Gasteiger partial charge in [-0.15, -0.1) is 0 Å². The van der Waals surface area contributed by atoms with Crippen molar-refractivity contribution >= 4 is 33.4 Å². The van der Waals surface area contributed by atoms with Crippen molar-refractivity contribution in [1.82, 2.24) is 4.57 Å². The Morgan fingerprint density at radius 3 is 2.62 bits per heavy atom. The summed E-state index contributed by atoms with van der Waals surface area (Å²) in [5.41, 5.74) is -0.429. The molecule has 140 valence electrons. The Kier molecular flexibility index (Phi) is 6.90. The minimum Gasteiger partial charge on any atom is -0.478 e. The molecule has 26 heavy (non-hydrogen) atoms. The van der Waals surface area contributed by atoms with Crippen molar-refractivity contribution in [2.75, 3.05) is 11.9 Å². The minimum absolute atomic E-state index is 0.0197. The van der Waals surface area contributed by atoms with Gasteiger partial charge in [0, 0.05) is 17.6 Å². The maximum atomic E-state index is 13.8. The van der Waals surface area contributed by atoms with Gasteiger partial charge in [0.2, 0.25) is 0 Å². The van der Waals surface area contributed by atoms with Gasteiger partial charge in [0.05, 0.1) is 12.3 Å². The Morgan fingerprint density at radius 2 is 2.12 bits per heavy atom. The highest BCUT2D eigenvalue weighted by molar-refractivity contribution is 9.10. The lowest BCUT2D eigenvalue weighted by molar-refractivity contribution is 0.0697. The van der Waals surface area contributed by atoms with Gasteiger partial charge in [-0.05, 0) is 43.0 Å². The summed E-state index contributed by atoms with van der Waals surface area (Å²) in [6.07, 6.45) is 2.63. The Labute approximate surface area is 157 Å². The number of benzene rings is 1. The molecule has 1 aromatic carbocycles. The van der Waals surface area contributed by atoms with Crippen LogP contribution in [-0.4, -0.2) is 22.2 Å². The fourth-order valence-corrected chi connectivity index (χ4v) is 2.43. The van der Waals surface area contributed by atoms with Crippen LogP contribution in [0, 0.1) is 11.7 Å². The average molecular weight is 428 g/mol. The predicted octanol–water partition coefficient (Wildman–Crippen LogP) is 3.02. The van der Waals surface area contributed by atoms with Crippen LogP contribution in [0.5, 0.6) is 0 Å². The number of hydrogen-bond acceptors (Lipinski definition) is 5. The Hall–Kier alpha value is -2.23. The molecular formula is C17H19BrFN3O4. The molecule has 3 rings (SSSR count). The SMILES string of the molecule is Cn1c(Nc2ccc(Br)cc2F)c(C(=O)O)ccc1=O.NOCC1CC1. The van der Waals surface area contributed by atoms with Crippen molar-refractivity contribution in [1.29, 1.82) is 0 Å². The van der Waals surface area contributed by atoms with Crippen molar-refractivity contribution in [2.45, 2.75) is 12.8 Å². The number of carboxylic acid groups (broad SMARTS) is 1. The van der Waals surface area contributed by atoms with Gasteiger partial charge in [0.25, 0.3) is 5.56 Å². The lowest BCUT2D eigenvalue weighted by Gasteiger charge is -2.14. The number of hydrogen-bond donors (Lipinski definition) is 3. The van der Waals surface area contributed by atoms with Gasteiger partial charge < -0.3 is 15.3 Å². The van der Waals surface area contributed by atoms with Gasteiger partial charge in [-0.25, -0.2) is 15.1 Å². The van der Waals surface area contributed by atoms with E-state index in [1.807, 2.05) is 0 Å². The summed E-state index contributed by atoms with van der Waals surface area (Å²) >= 11 is 3.13. The number of nitrogens with two attached hydrogens (primary N) is 1. The summed E-state index contributed by atoms with van der Waals surface area (Å²) in [6.45, 7) is 0.764. The minimum atomic E-state index is -1.21. The third kappa shape index (κ3) is 5.38. The van der Waals surface area contributed by atoms with E-state index in [1.165, 1.54) is 38.1 Å². The van der Waals surface area contributed by atoms with Crippen LogP contribution in [0.25, 0.3) is 0 Å². The van der Waals surface area contributed by atoms with E-state index in [-0.39, 0.29) is 17.1 Å². The number of aromatic nitrogens is 1. The van der Waals surface area contributed by atoms with Crippen LogP contribution in [-0.2, 0) is 11.9 Å². The Bertz CT molecular complexity index is 852. The summed E-state index contributed by atoms with van der Waals surface area (Å²) in [7, 11) is 1.41. The Morgan fingerprint density at radius 1 is 1.42 bits per heavy atom. The molecule has 1 saturated carbocycles. The molecule has 7 nitrogen and oxygen atoms in total. The summed E-state index contributed by atoms with van der Waals surface area (Å²) in [5, 5.41) is 11.8. The van der Waals surface area contributed by atoms with Crippen LogP contribution in [0.3, 0.4) is 0 Å². The number of rotatable bonds is 5. The zero-order chi connectivity index (χ0) is 19.3. The van der Waals surface area contributed by atoms with E-state index in [1.54, 1.807) is 6.07 Å². The zero-order valence-corrected chi connectivity index (χ0v) is 15.6. The van der Waals surface area contributed by atoms with E-state index in [0.717, 1.165) is 23.2 Å². The normalized spacial score (nSPS) is 12.9. The van der Waals surface area contributed by atoms with Gasteiger partial charge in [-0.2, -0.15) is 0 Å². The lowest BCUT2D eigenvalue weighted by atomic mass is 10.2. The molecule has 0 radical (unpaired) electrons. The van der Waals surface area contributed by atoms with E-state index < -0.39 is 17.3 Å². The highest BCUT2D eigenvalue weighted by Crippen LogP contribution is 2.28. The van der Waals surface area contributed by atoms with Crippen LogP contribution < -0.4 is 16.8 Å². The van der Waals surface area contributed by atoms with Crippen molar-refractivity contribution in [3.8, 4) is 0 Å². The highest BCUT2D eigenvalue weighted by atomic mass is 79.9. The molecule has 9 heteroatoms. The first-order valence-corrected chi connectivity index (χ1v) is 8.60. The molecule has 0 unspecified atom stereocenters. The molecular weight excluding hydrogens is 409 g/mol. The maximum Gasteiger partial charge on any atom is 0.339 e. The third-order valence-electron chi connectivity index (χ3n) is 3.76. The van der Waals surface area contributed by atoms with E-state index >= 15 is 0 Å². The van der Waals surface area contributed by atoms with Gasteiger partial charge >= 0.3 is 5.97 Å². The Balaban J connectivity index is 0.000000342. The van der Waals surface area contributed by atoms with E-state index in [4.69, 9.17) is 11.0 Å². The molecule has 0 saturated heterocycles. The van der Waals surface area contributed by atoms with E-state index in [9.17, 15) is 14.0 Å². The molecule has 1 heterocycles. The molecule has 0 amide bonds. The number of nitrogens with one attached hydrogen (secondary N) is 1. The summed E-state index contributed by atoms with van der Waals surface area (Å²) in [4.78, 5) is 27.1. The molecule has 1 aromatic heterocycles. The fourth-order valence-electron chi connectivity index (χ4n) is 2.10. The summed E-state index contributed by atoms with van der Waals surface area (Å²) in [5.74, 6) is 3.82. The molecule has 1 aliphatic carbocycles.